The fraction of sp³-hybridized carbons (Fsp3) is 0.909. The number of carbonyl (C=O) groups excluding carboxylic acids is 1. The van der Waals surface area contributed by atoms with E-state index in [2.05, 4.69) is 5.32 Å². The third-order valence-corrected chi connectivity index (χ3v) is 3.42. The SMILES string of the molecule is CNC1CCCN(C(=O)C2CCOC2)C1. The first kappa shape index (κ1) is 10.9. The number of likely N-dealkylation sites (N-methyl/N-ethyl adjacent to an activating group) is 1. The number of nitrogens with zero attached hydrogens (tertiary/aromatic N) is 1. The lowest BCUT2D eigenvalue weighted by atomic mass is 10.0. The third kappa shape index (κ3) is 2.49. The van der Waals surface area contributed by atoms with Crippen molar-refractivity contribution in [2.45, 2.75) is 25.3 Å². The van der Waals surface area contributed by atoms with Crippen molar-refractivity contribution < 1.29 is 9.53 Å². The van der Waals surface area contributed by atoms with Crippen LogP contribution in [-0.2, 0) is 9.53 Å². The van der Waals surface area contributed by atoms with Crippen molar-refractivity contribution in [3.05, 3.63) is 0 Å². The molecule has 2 fully saturated rings. The van der Waals surface area contributed by atoms with Gasteiger partial charge in [0.25, 0.3) is 0 Å². The van der Waals surface area contributed by atoms with Gasteiger partial charge < -0.3 is 15.0 Å². The van der Waals surface area contributed by atoms with E-state index in [0.717, 1.165) is 32.5 Å². The molecule has 2 heterocycles. The van der Waals surface area contributed by atoms with Crippen LogP contribution in [0.2, 0.25) is 0 Å². The van der Waals surface area contributed by atoms with Crippen molar-refractivity contribution in [3.63, 3.8) is 0 Å². The number of rotatable bonds is 2. The standard InChI is InChI=1S/C11H20N2O2/c1-12-10-3-2-5-13(7-10)11(14)9-4-6-15-8-9/h9-10,12H,2-8H2,1H3. The Bertz CT molecular complexity index is 227. The minimum absolute atomic E-state index is 0.126. The van der Waals surface area contributed by atoms with Crippen LogP contribution in [0.25, 0.3) is 0 Å². The van der Waals surface area contributed by atoms with Crippen LogP contribution < -0.4 is 5.32 Å². The van der Waals surface area contributed by atoms with E-state index in [9.17, 15) is 4.79 Å². The lowest BCUT2D eigenvalue weighted by Crippen LogP contribution is -2.48. The van der Waals surface area contributed by atoms with Crippen molar-refractivity contribution in [2.24, 2.45) is 5.92 Å². The highest BCUT2D eigenvalue weighted by atomic mass is 16.5. The molecule has 0 spiro atoms. The Labute approximate surface area is 91.0 Å². The normalized spacial score (nSPS) is 31.9. The number of hydrogen-bond donors (Lipinski definition) is 1. The van der Waals surface area contributed by atoms with Crippen molar-refractivity contribution in [1.82, 2.24) is 10.2 Å². The summed E-state index contributed by atoms with van der Waals surface area (Å²) in [5, 5.41) is 3.25. The number of hydrogen-bond acceptors (Lipinski definition) is 3. The maximum atomic E-state index is 12.1. The van der Waals surface area contributed by atoms with E-state index in [1.165, 1.54) is 6.42 Å². The van der Waals surface area contributed by atoms with Crippen molar-refractivity contribution >= 4 is 5.91 Å². The number of likely N-dealkylation sites (tertiary alicyclic amines) is 1. The summed E-state index contributed by atoms with van der Waals surface area (Å²) in [4.78, 5) is 14.1. The van der Waals surface area contributed by atoms with E-state index in [0.29, 0.717) is 18.6 Å². The molecule has 1 N–H and O–H groups in total. The van der Waals surface area contributed by atoms with Gasteiger partial charge in [-0.3, -0.25) is 4.79 Å². The number of amides is 1. The molecule has 86 valence electrons. The molecule has 4 heteroatoms. The summed E-state index contributed by atoms with van der Waals surface area (Å²) in [5.74, 6) is 0.424. The Kier molecular flexibility index (Phi) is 3.59. The Morgan fingerprint density at radius 1 is 1.47 bits per heavy atom. The van der Waals surface area contributed by atoms with Gasteiger partial charge >= 0.3 is 0 Å². The van der Waals surface area contributed by atoms with Crippen molar-refractivity contribution in [1.29, 1.82) is 0 Å². The number of ether oxygens (including phenoxy) is 1. The largest absolute Gasteiger partial charge is 0.381 e. The molecule has 0 aliphatic carbocycles. The van der Waals surface area contributed by atoms with E-state index < -0.39 is 0 Å². The van der Waals surface area contributed by atoms with Crippen molar-refractivity contribution in [2.75, 3.05) is 33.4 Å². The van der Waals surface area contributed by atoms with Gasteiger partial charge in [-0.2, -0.15) is 0 Å². The van der Waals surface area contributed by atoms with Gasteiger partial charge in [-0.25, -0.2) is 0 Å². The van der Waals surface area contributed by atoms with E-state index in [-0.39, 0.29) is 5.92 Å². The van der Waals surface area contributed by atoms with Gasteiger partial charge in [0.2, 0.25) is 5.91 Å². The van der Waals surface area contributed by atoms with Crippen LogP contribution in [0.4, 0.5) is 0 Å². The van der Waals surface area contributed by atoms with Gasteiger partial charge in [-0.1, -0.05) is 0 Å². The molecule has 2 rings (SSSR count). The molecule has 2 unspecified atom stereocenters. The highest BCUT2D eigenvalue weighted by Gasteiger charge is 2.30. The van der Waals surface area contributed by atoms with Crippen LogP contribution >= 0.6 is 0 Å². The molecule has 0 saturated carbocycles. The molecule has 0 bridgehead atoms. The summed E-state index contributed by atoms with van der Waals surface area (Å²) >= 11 is 0. The average molecular weight is 212 g/mol. The second-order valence-corrected chi connectivity index (χ2v) is 4.47. The summed E-state index contributed by atoms with van der Waals surface area (Å²) in [6.45, 7) is 3.17. The zero-order valence-corrected chi connectivity index (χ0v) is 9.37. The molecule has 1 amide bonds. The molecule has 0 radical (unpaired) electrons. The van der Waals surface area contributed by atoms with Crippen LogP contribution in [-0.4, -0.2) is 50.2 Å². The molecule has 0 aromatic rings. The lowest BCUT2D eigenvalue weighted by molar-refractivity contribution is -0.136. The van der Waals surface area contributed by atoms with Gasteiger partial charge in [-0.05, 0) is 26.3 Å². The minimum atomic E-state index is 0.126. The van der Waals surface area contributed by atoms with Crippen LogP contribution in [0.15, 0.2) is 0 Å². The number of nitrogens with one attached hydrogen (secondary N) is 1. The summed E-state index contributed by atoms with van der Waals surface area (Å²) in [7, 11) is 1.97. The Balaban J connectivity index is 1.88. The van der Waals surface area contributed by atoms with Crippen LogP contribution in [0.1, 0.15) is 19.3 Å². The Morgan fingerprint density at radius 3 is 3.00 bits per heavy atom. The maximum absolute atomic E-state index is 12.1. The first-order valence-electron chi connectivity index (χ1n) is 5.85. The van der Waals surface area contributed by atoms with E-state index in [1.807, 2.05) is 11.9 Å². The van der Waals surface area contributed by atoms with Crippen LogP contribution in [0, 0.1) is 5.92 Å². The summed E-state index contributed by atoms with van der Waals surface area (Å²) in [5.41, 5.74) is 0. The van der Waals surface area contributed by atoms with Gasteiger partial charge in [0.05, 0.1) is 12.5 Å². The van der Waals surface area contributed by atoms with Crippen molar-refractivity contribution in [3.8, 4) is 0 Å². The van der Waals surface area contributed by atoms with E-state index >= 15 is 0 Å². The average Bonchev–Trinajstić information content (AvgIpc) is 2.81. The zero-order chi connectivity index (χ0) is 10.7. The maximum Gasteiger partial charge on any atom is 0.228 e. The molecule has 2 aliphatic rings. The summed E-state index contributed by atoms with van der Waals surface area (Å²) < 4.78 is 5.26. The first-order chi connectivity index (χ1) is 7.31. The molecular weight excluding hydrogens is 192 g/mol. The molecular formula is C11H20N2O2. The Hall–Kier alpha value is -0.610. The van der Waals surface area contributed by atoms with Gasteiger partial charge in [-0.15, -0.1) is 0 Å². The van der Waals surface area contributed by atoms with Gasteiger partial charge in [0, 0.05) is 25.7 Å². The Morgan fingerprint density at radius 2 is 2.33 bits per heavy atom. The van der Waals surface area contributed by atoms with E-state index in [4.69, 9.17) is 4.74 Å². The first-order valence-corrected chi connectivity index (χ1v) is 5.85. The van der Waals surface area contributed by atoms with Crippen LogP contribution in [0.5, 0.6) is 0 Å². The predicted octanol–water partition coefficient (Wildman–Crippen LogP) is 0.233. The molecule has 2 aliphatic heterocycles. The fourth-order valence-electron chi connectivity index (χ4n) is 2.40. The van der Waals surface area contributed by atoms with Gasteiger partial charge in [0.15, 0.2) is 0 Å². The number of piperidine rings is 1. The molecule has 4 nitrogen and oxygen atoms in total. The second-order valence-electron chi connectivity index (χ2n) is 4.47. The smallest absolute Gasteiger partial charge is 0.228 e. The predicted molar refractivity (Wildman–Crippen MR) is 57.6 cm³/mol. The second kappa shape index (κ2) is 4.94. The van der Waals surface area contributed by atoms with Crippen LogP contribution in [0.3, 0.4) is 0 Å². The minimum Gasteiger partial charge on any atom is -0.381 e. The molecule has 0 aromatic heterocycles. The molecule has 2 atom stereocenters. The molecule has 2 saturated heterocycles. The fourth-order valence-corrected chi connectivity index (χ4v) is 2.40. The monoisotopic (exact) mass is 212 g/mol. The highest BCUT2D eigenvalue weighted by Crippen LogP contribution is 2.18. The molecule has 0 aromatic carbocycles. The van der Waals surface area contributed by atoms with E-state index in [1.54, 1.807) is 0 Å². The van der Waals surface area contributed by atoms with Gasteiger partial charge in [0.1, 0.15) is 0 Å². The summed E-state index contributed by atoms with van der Waals surface area (Å²) in [6, 6.07) is 0.477. The number of carbonyl (C=O) groups is 1. The topological polar surface area (TPSA) is 41.6 Å². The third-order valence-electron chi connectivity index (χ3n) is 3.42. The summed E-state index contributed by atoms with van der Waals surface area (Å²) in [6.07, 6.45) is 3.20. The quantitative estimate of drug-likeness (QED) is 0.712. The molecule has 15 heavy (non-hydrogen) atoms. The zero-order valence-electron chi connectivity index (χ0n) is 9.37. The lowest BCUT2D eigenvalue weighted by Gasteiger charge is -2.33. The highest BCUT2D eigenvalue weighted by molar-refractivity contribution is 5.79.